The quantitative estimate of drug-likeness (QED) is 0.243. The smallest absolute Gasteiger partial charge is 0.192 e. The SMILES string of the molecule is Cc1nnc(CN=C(NCC(C)(O)c2ccsc2)NC(C)c2ccccc2)n1C.I. The maximum Gasteiger partial charge on any atom is 0.192 e. The Labute approximate surface area is 198 Å². The Morgan fingerprint density at radius 3 is 2.60 bits per heavy atom. The first-order valence-electron chi connectivity index (χ1n) is 9.56. The minimum atomic E-state index is -1.00. The van der Waals surface area contributed by atoms with Crippen LogP contribution >= 0.6 is 35.3 Å². The molecule has 7 nitrogen and oxygen atoms in total. The molecule has 3 N–H and O–H groups in total. The van der Waals surface area contributed by atoms with Crippen LogP contribution in [0.1, 0.15) is 42.7 Å². The van der Waals surface area contributed by atoms with E-state index in [1.165, 1.54) is 0 Å². The summed E-state index contributed by atoms with van der Waals surface area (Å²) in [4.78, 5) is 4.68. The van der Waals surface area contributed by atoms with Crippen LogP contribution in [0.2, 0.25) is 0 Å². The molecule has 0 saturated heterocycles. The molecule has 0 spiro atoms. The summed E-state index contributed by atoms with van der Waals surface area (Å²) < 4.78 is 1.92. The van der Waals surface area contributed by atoms with Crippen molar-refractivity contribution in [1.29, 1.82) is 0 Å². The minimum Gasteiger partial charge on any atom is -0.384 e. The Morgan fingerprint density at radius 1 is 1.27 bits per heavy atom. The summed E-state index contributed by atoms with van der Waals surface area (Å²) in [6.45, 7) is 6.50. The number of thiophene rings is 1. The molecule has 2 atom stereocenters. The zero-order valence-electron chi connectivity index (χ0n) is 17.7. The summed E-state index contributed by atoms with van der Waals surface area (Å²) in [7, 11) is 1.93. The highest BCUT2D eigenvalue weighted by atomic mass is 127. The third-order valence-electron chi connectivity index (χ3n) is 4.96. The fourth-order valence-corrected chi connectivity index (χ4v) is 3.63. The van der Waals surface area contributed by atoms with Crippen molar-refractivity contribution >= 4 is 41.3 Å². The average molecular weight is 540 g/mol. The van der Waals surface area contributed by atoms with E-state index in [2.05, 4.69) is 44.9 Å². The van der Waals surface area contributed by atoms with Crippen LogP contribution in [-0.2, 0) is 19.2 Å². The van der Waals surface area contributed by atoms with Crippen LogP contribution < -0.4 is 10.6 Å². The number of aryl methyl sites for hydroxylation is 1. The van der Waals surface area contributed by atoms with Gasteiger partial charge in [-0.2, -0.15) is 11.3 Å². The van der Waals surface area contributed by atoms with Crippen molar-refractivity contribution in [1.82, 2.24) is 25.4 Å². The van der Waals surface area contributed by atoms with Gasteiger partial charge in [0.05, 0.1) is 12.6 Å². The molecule has 162 valence electrons. The second kappa shape index (κ2) is 10.9. The third-order valence-corrected chi connectivity index (χ3v) is 5.64. The maximum atomic E-state index is 10.8. The Kier molecular flexibility index (Phi) is 8.80. The third kappa shape index (κ3) is 6.26. The van der Waals surface area contributed by atoms with Crippen molar-refractivity contribution in [2.75, 3.05) is 6.54 Å². The molecular weight excluding hydrogens is 511 g/mol. The van der Waals surface area contributed by atoms with Gasteiger partial charge in [-0.15, -0.1) is 34.2 Å². The first kappa shape index (κ1) is 24.3. The van der Waals surface area contributed by atoms with Crippen LogP contribution in [0.3, 0.4) is 0 Å². The number of rotatable bonds is 7. The van der Waals surface area contributed by atoms with E-state index in [4.69, 9.17) is 0 Å². The number of benzene rings is 1. The molecule has 1 aromatic carbocycles. The molecule has 2 heterocycles. The molecule has 0 aliphatic carbocycles. The van der Waals surface area contributed by atoms with Gasteiger partial charge in [-0.3, -0.25) is 0 Å². The maximum absolute atomic E-state index is 10.8. The standard InChI is InChI=1S/C21H28N6OS.HI/c1-15(17-8-6-5-7-9-17)24-20(22-12-19-26-25-16(2)27(19)4)23-14-21(3,28)18-10-11-29-13-18;/h5-11,13,15,28H,12,14H2,1-4H3,(H2,22,23,24);1H. The van der Waals surface area contributed by atoms with E-state index < -0.39 is 5.60 Å². The highest BCUT2D eigenvalue weighted by Crippen LogP contribution is 2.22. The summed E-state index contributed by atoms with van der Waals surface area (Å²) in [5, 5.41) is 29.7. The Hall–Kier alpha value is -1.98. The molecule has 2 unspecified atom stereocenters. The molecule has 9 heteroatoms. The first-order chi connectivity index (χ1) is 13.9. The largest absolute Gasteiger partial charge is 0.384 e. The molecular formula is C21H29IN6OS. The van der Waals surface area contributed by atoms with Gasteiger partial charge < -0.3 is 20.3 Å². The van der Waals surface area contributed by atoms with E-state index in [0.29, 0.717) is 19.0 Å². The summed E-state index contributed by atoms with van der Waals surface area (Å²) in [5.41, 5.74) is 1.04. The molecule has 0 aliphatic rings. The van der Waals surface area contributed by atoms with E-state index in [1.54, 1.807) is 18.3 Å². The summed E-state index contributed by atoms with van der Waals surface area (Å²) in [6.07, 6.45) is 0. The topological polar surface area (TPSA) is 87.4 Å². The van der Waals surface area contributed by atoms with Gasteiger partial charge in [0.2, 0.25) is 0 Å². The van der Waals surface area contributed by atoms with E-state index in [1.807, 2.05) is 53.6 Å². The number of hydrogen-bond donors (Lipinski definition) is 3. The van der Waals surface area contributed by atoms with Crippen molar-refractivity contribution in [2.24, 2.45) is 12.0 Å². The lowest BCUT2D eigenvalue weighted by atomic mass is 9.99. The normalized spacial score (nSPS) is 14.5. The molecule has 3 aromatic rings. The molecule has 2 aromatic heterocycles. The summed E-state index contributed by atoms with van der Waals surface area (Å²) in [5.74, 6) is 2.23. The van der Waals surface area contributed by atoms with Gasteiger partial charge in [-0.05, 0) is 48.7 Å². The second-order valence-electron chi connectivity index (χ2n) is 7.30. The molecule has 3 rings (SSSR count). The summed E-state index contributed by atoms with van der Waals surface area (Å²) >= 11 is 1.57. The lowest BCUT2D eigenvalue weighted by Gasteiger charge is -2.25. The van der Waals surface area contributed by atoms with E-state index in [0.717, 1.165) is 22.8 Å². The van der Waals surface area contributed by atoms with Gasteiger partial charge in [0.15, 0.2) is 11.8 Å². The van der Waals surface area contributed by atoms with Crippen molar-refractivity contribution in [3.8, 4) is 0 Å². The van der Waals surface area contributed by atoms with Crippen LogP contribution in [0, 0.1) is 6.92 Å². The number of aliphatic hydroxyl groups is 1. The van der Waals surface area contributed by atoms with Crippen molar-refractivity contribution in [2.45, 2.75) is 39.0 Å². The van der Waals surface area contributed by atoms with Crippen LogP contribution in [0.5, 0.6) is 0 Å². The first-order valence-corrected chi connectivity index (χ1v) is 10.5. The second-order valence-corrected chi connectivity index (χ2v) is 8.08. The number of nitrogens with one attached hydrogen (secondary N) is 2. The predicted molar refractivity (Wildman–Crippen MR) is 132 cm³/mol. The minimum absolute atomic E-state index is 0. The van der Waals surface area contributed by atoms with Crippen LogP contribution in [-0.4, -0.2) is 32.4 Å². The number of nitrogens with zero attached hydrogens (tertiary/aromatic N) is 4. The lowest BCUT2D eigenvalue weighted by molar-refractivity contribution is 0.0621. The van der Waals surface area contributed by atoms with Gasteiger partial charge in [-0.25, -0.2) is 4.99 Å². The van der Waals surface area contributed by atoms with Crippen LogP contribution in [0.4, 0.5) is 0 Å². The highest BCUT2D eigenvalue weighted by Gasteiger charge is 2.24. The molecule has 0 fully saturated rings. The van der Waals surface area contributed by atoms with Crippen molar-refractivity contribution < 1.29 is 5.11 Å². The lowest BCUT2D eigenvalue weighted by Crippen LogP contribution is -2.45. The number of hydrogen-bond acceptors (Lipinski definition) is 5. The van der Waals surface area contributed by atoms with Gasteiger partial charge >= 0.3 is 0 Å². The van der Waals surface area contributed by atoms with E-state index in [-0.39, 0.29) is 30.0 Å². The van der Waals surface area contributed by atoms with Gasteiger partial charge in [0.1, 0.15) is 18.0 Å². The molecule has 0 amide bonds. The fraction of sp³-hybridized carbons (Fsp3) is 0.381. The number of aliphatic imine (C=N–C) groups is 1. The van der Waals surface area contributed by atoms with Crippen LogP contribution in [0.15, 0.2) is 52.2 Å². The van der Waals surface area contributed by atoms with Gasteiger partial charge in [-0.1, -0.05) is 30.3 Å². The Balaban J connectivity index is 0.00000320. The molecule has 0 bridgehead atoms. The zero-order chi connectivity index (χ0) is 20.9. The number of halogens is 1. The fourth-order valence-electron chi connectivity index (χ4n) is 2.85. The number of guanidine groups is 1. The van der Waals surface area contributed by atoms with Gasteiger partial charge in [0, 0.05) is 7.05 Å². The molecule has 30 heavy (non-hydrogen) atoms. The zero-order valence-corrected chi connectivity index (χ0v) is 20.8. The highest BCUT2D eigenvalue weighted by molar-refractivity contribution is 14.0. The van der Waals surface area contributed by atoms with Crippen molar-refractivity contribution in [3.63, 3.8) is 0 Å². The van der Waals surface area contributed by atoms with Gasteiger partial charge in [0.25, 0.3) is 0 Å². The van der Waals surface area contributed by atoms with E-state index >= 15 is 0 Å². The van der Waals surface area contributed by atoms with Crippen molar-refractivity contribution in [3.05, 3.63) is 69.9 Å². The molecule has 0 saturated carbocycles. The van der Waals surface area contributed by atoms with Crippen LogP contribution in [0.25, 0.3) is 0 Å². The summed E-state index contributed by atoms with van der Waals surface area (Å²) in [6, 6.07) is 12.2. The molecule has 0 aliphatic heterocycles. The Morgan fingerprint density at radius 2 is 2.00 bits per heavy atom. The van der Waals surface area contributed by atoms with E-state index in [9.17, 15) is 5.11 Å². The molecule has 0 radical (unpaired) electrons. The number of aromatic nitrogens is 3. The monoisotopic (exact) mass is 540 g/mol. The predicted octanol–water partition coefficient (Wildman–Crippen LogP) is 3.51. The average Bonchev–Trinajstić information content (AvgIpc) is 3.37. The Bertz CT molecular complexity index is 940.